The lowest BCUT2D eigenvalue weighted by Crippen LogP contribution is -2.15. The summed E-state index contributed by atoms with van der Waals surface area (Å²) in [5, 5.41) is -0.0175. The van der Waals surface area contributed by atoms with Crippen LogP contribution in [-0.4, -0.2) is 5.78 Å². The second kappa shape index (κ2) is 6.83. The molecule has 0 atom stereocenters. The Bertz CT molecular complexity index is 426. The summed E-state index contributed by atoms with van der Waals surface area (Å²) in [7, 11) is 0. The van der Waals surface area contributed by atoms with E-state index in [4.69, 9.17) is 11.6 Å². The van der Waals surface area contributed by atoms with Crippen molar-refractivity contribution in [2.24, 2.45) is 5.92 Å². The number of hydrogen-bond acceptors (Lipinski definition) is 1. The predicted octanol–water partition coefficient (Wildman–Crippen LogP) is 5.02. The maximum Gasteiger partial charge on any atom is 0.167 e. The van der Waals surface area contributed by atoms with Gasteiger partial charge in [-0.05, 0) is 25.0 Å². The van der Waals surface area contributed by atoms with Crippen molar-refractivity contribution in [3.63, 3.8) is 0 Å². The molecule has 0 spiro atoms. The Morgan fingerprint density at radius 2 is 1.67 bits per heavy atom. The van der Waals surface area contributed by atoms with Gasteiger partial charge in [-0.1, -0.05) is 38.3 Å². The largest absolute Gasteiger partial charge is 0.294 e. The van der Waals surface area contributed by atoms with E-state index in [0.29, 0.717) is 0 Å². The molecule has 0 aromatic heterocycles. The minimum atomic E-state index is -1.03. The SMILES string of the molecule is CCCC(CCC)C(=O)c1cc(F)c(F)cc1Cl. The van der Waals surface area contributed by atoms with Gasteiger partial charge in [0.15, 0.2) is 17.4 Å². The molecule has 0 amide bonds. The molecule has 0 radical (unpaired) electrons. The second-order valence-corrected chi connectivity index (χ2v) is 4.79. The van der Waals surface area contributed by atoms with Crippen molar-refractivity contribution < 1.29 is 13.6 Å². The van der Waals surface area contributed by atoms with E-state index in [1.807, 2.05) is 13.8 Å². The van der Waals surface area contributed by atoms with Crippen molar-refractivity contribution in [2.75, 3.05) is 0 Å². The highest BCUT2D eigenvalue weighted by Crippen LogP contribution is 2.26. The lowest BCUT2D eigenvalue weighted by Gasteiger charge is -2.15. The first-order valence-electron chi connectivity index (χ1n) is 6.20. The zero-order valence-electron chi connectivity index (χ0n) is 10.6. The van der Waals surface area contributed by atoms with Gasteiger partial charge in [0.1, 0.15) is 0 Å². The fraction of sp³-hybridized carbons (Fsp3) is 0.500. The van der Waals surface area contributed by atoms with Gasteiger partial charge in [-0.2, -0.15) is 0 Å². The quantitative estimate of drug-likeness (QED) is 0.526. The number of benzene rings is 1. The predicted molar refractivity (Wildman–Crippen MR) is 69.0 cm³/mol. The average Bonchev–Trinajstić information content (AvgIpc) is 2.33. The highest BCUT2D eigenvalue weighted by Gasteiger charge is 2.22. The third kappa shape index (κ3) is 3.52. The van der Waals surface area contributed by atoms with Gasteiger partial charge in [-0.15, -0.1) is 0 Å². The molecule has 1 nitrogen and oxygen atoms in total. The van der Waals surface area contributed by atoms with Crippen LogP contribution in [0, 0.1) is 17.6 Å². The smallest absolute Gasteiger partial charge is 0.167 e. The molecule has 0 bridgehead atoms. The molecule has 100 valence electrons. The molecule has 0 aliphatic carbocycles. The van der Waals surface area contributed by atoms with E-state index in [0.717, 1.165) is 37.8 Å². The van der Waals surface area contributed by atoms with Gasteiger partial charge in [-0.3, -0.25) is 4.79 Å². The summed E-state index contributed by atoms with van der Waals surface area (Å²) < 4.78 is 26.1. The number of carbonyl (C=O) groups is 1. The molecule has 1 aromatic rings. The molecule has 1 aromatic carbocycles. The van der Waals surface area contributed by atoms with Crippen LogP contribution >= 0.6 is 11.6 Å². The van der Waals surface area contributed by atoms with Gasteiger partial charge in [0.05, 0.1) is 5.02 Å². The molecule has 18 heavy (non-hydrogen) atoms. The van der Waals surface area contributed by atoms with Crippen LogP contribution in [0.15, 0.2) is 12.1 Å². The Balaban J connectivity index is 3.04. The van der Waals surface area contributed by atoms with Crippen LogP contribution in [0.3, 0.4) is 0 Å². The van der Waals surface area contributed by atoms with Crippen LogP contribution in [0.4, 0.5) is 8.78 Å². The second-order valence-electron chi connectivity index (χ2n) is 4.38. The third-order valence-electron chi connectivity index (χ3n) is 2.92. The zero-order chi connectivity index (χ0) is 13.7. The minimum Gasteiger partial charge on any atom is -0.294 e. The number of ketones is 1. The highest BCUT2D eigenvalue weighted by atomic mass is 35.5. The summed E-state index contributed by atoms with van der Waals surface area (Å²) in [6.45, 7) is 3.98. The molecule has 0 fully saturated rings. The fourth-order valence-electron chi connectivity index (χ4n) is 2.03. The number of halogens is 3. The first kappa shape index (κ1) is 15.1. The van der Waals surface area contributed by atoms with Crippen LogP contribution in [0.1, 0.15) is 49.9 Å². The molecule has 0 aliphatic rings. The van der Waals surface area contributed by atoms with Crippen molar-refractivity contribution in [1.29, 1.82) is 0 Å². The lowest BCUT2D eigenvalue weighted by molar-refractivity contribution is 0.0904. The summed E-state index contributed by atoms with van der Waals surface area (Å²) >= 11 is 5.81. The molecular weight excluding hydrogens is 258 g/mol. The van der Waals surface area contributed by atoms with Crippen LogP contribution < -0.4 is 0 Å². The van der Waals surface area contributed by atoms with Gasteiger partial charge in [0, 0.05) is 11.5 Å². The maximum absolute atomic E-state index is 13.2. The molecule has 0 saturated carbocycles. The van der Waals surface area contributed by atoms with E-state index in [1.165, 1.54) is 0 Å². The molecule has 0 aliphatic heterocycles. The molecule has 0 unspecified atom stereocenters. The van der Waals surface area contributed by atoms with Crippen molar-refractivity contribution in [3.05, 3.63) is 34.4 Å². The Morgan fingerprint density at radius 3 is 2.17 bits per heavy atom. The van der Waals surface area contributed by atoms with Crippen LogP contribution in [0.25, 0.3) is 0 Å². The Labute approximate surface area is 111 Å². The first-order chi connectivity index (χ1) is 8.51. The minimum absolute atomic E-state index is 0.0175. The van der Waals surface area contributed by atoms with E-state index in [9.17, 15) is 13.6 Å². The van der Waals surface area contributed by atoms with Gasteiger partial charge in [0.2, 0.25) is 0 Å². The third-order valence-corrected chi connectivity index (χ3v) is 3.23. The van der Waals surface area contributed by atoms with Gasteiger partial charge in [0.25, 0.3) is 0 Å². The Hall–Kier alpha value is -0.960. The molecule has 0 N–H and O–H groups in total. The summed E-state index contributed by atoms with van der Waals surface area (Å²) in [6.07, 6.45) is 3.22. The fourth-order valence-corrected chi connectivity index (χ4v) is 2.28. The van der Waals surface area contributed by atoms with Gasteiger partial charge >= 0.3 is 0 Å². The zero-order valence-corrected chi connectivity index (χ0v) is 11.4. The number of carbonyl (C=O) groups excluding carboxylic acids is 1. The van der Waals surface area contributed by atoms with Crippen molar-refractivity contribution >= 4 is 17.4 Å². The number of Topliss-reactive ketones (excluding diaryl/α,β-unsaturated/α-hetero) is 1. The van der Waals surface area contributed by atoms with E-state index in [1.54, 1.807) is 0 Å². The Kier molecular flexibility index (Phi) is 5.73. The molecule has 1 rings (SSSR count). The van der Waals surface area contributed by atoms with Crippen molar-refractivity contribution in [2.45, 2.75) is 39.5 Å². The topological polar surface area (TPSA) is 17.1 Å². The Morgan fingerprint density at radius 1 is 1.17 bits per heavy atom. The van der Waals surface area contributed by atoms with E-state index < -0.39 is 11.6 Å². The van der Waals surface area contributed by atoms with Crippen LogP contribution in [0.2, 0.25) is 5.02 Å². The number of rotatable bonds is 6. The monoisotopic (exact) mass is 274 g/mol. The highest BCUT2D eigenvalue weighted by molar-refractivity contribution is 6.34. The van der Waals surface area contributed by atoms with Gasteiger partial charge < -0.3 is 0 Å². The average molecular weight is 275 g/mol. The molecule has 0 saturated heterocycles. The number of hydrogen-bond donors (Lipinski definition) is 0. The van der Waals surface area contributed by atoms with Crippen LogP contribution in [-0.2, 0) is 0 Å². The van der Waals surface area contributed by atoms with Crippen molar-refractivity contribution in [3.8, 4) is 0 Å². The van der Waals surface area contributed by atoms with Gasteiger partial charge in [-0.25, -0.2) is 8.78 Å². The first-order valence-corrected chi connectivity index (χ1v) is 6.57. The summed E-state index contributed by atoms with van der Waals surface area (Å²) in [5.41, 5.74) is 0.0856. The molecular formula is C14H17ClF2O. The van der Waals surface area contributed by atoms with E-state index in [-0.39, 0.29) is 22.3 Å². The molecule has 4 heteroatoms. The van der Waals surface area contributed by atoms with Crippen LogP contribution in [0.5, 0.6) is 0 Å². The lowest BCUT2D eigenvalue weighted by atomic mass is 9.90. The van der Waals surface area contributed by atoms with E-state index >= 15 is 0 Å². The summed E-state index contributed by atoms with van der Waals surface area (Å²) in [6, 6.07) is 1.76. The summed E-state index contributed by atoms with van der Waals surface area (Å²) in [4.78, 5) is 12.2. The standard InChI is InChI=1S/C14H17ClF2O/c1-3-5-9(6-4-2)14(18)10-7-12(16)13(17)8-11(10)15/h7-9H,3-6H2,1-2H3. The summed E-state index contributed by atoms with van der Waals surface area (Å²) in [5.74, 6) is -2.42. The van der Waals surface area contributed by atoms with Crippen molar-refractivity contribution in [1.82, 2.24) is 0 Å². The normalized spacial score (nSPS) is 11.0. The molecule has 0 heterocycles. The maximum atomic E-state index is 13.2. The van der Waals surface area contributed by atoms with E-state index in [2.05, 4.69) is 0 Å².